The van der Waals surface area contributed by atoms with E-state index in [0.29, 0.717) is 34.5 Å². The number of hydrogen-bond donors (Lipinski definition) is 2. The minimum atomic E-state index is -4.70. The maximum atomic E-state index is 13.6. The molecule has 3 N–H and O–H groups in total. The Hall–Kier alpha value is -4.12. The number of alkyl halides is 6. The molecule has 0 aliphatic heterocycles. The molecule has 11 heteroatoms. The molecule has 4 aromatic rings. The lowest BCUT2D eigenvalue weighted by Gasteiger charge is -2.31. The zero-order valence-corrected chi connectivity index (χ0v) is 24.1. The molecule has 4 rings (SSSR count). The third-order valence-electron chi connectivity index (χ3n) is 6.69. The van der Waals surface area contributed by atoms with Gasteiger partial charge in [0, 0.05) is 23.2 Å². The zero-order valence-electron chi connectivity index (χ0n) is 24.1. The lowest BCUT2D eigenvalue weighted by Crippen LogP contribution is -2.38. The van der Waals surface area contributed by atoms with Crippen molar-refractivity contribution in [1.29, 1.82) is 0 Å². The Morgan fingerprint density at radius 2 is 1.28 bits per heavy atom. The summed E-state index contributed by atoms with van der Waals surface area (Å²) < 4.78 is 80.8. The van der Waals surface area contributed by atoms with Crippen molar-refractivity contribution in [3.05, 3.63) is 90.1 Å². The van der Waals surface area contributed by atoms with Gasteiger partial charge in [-0.25, -0.2) is 4.68 Å². The Labute approximate surface area is 245 Å². The van der Waals surface area contributed by atoms with Crippen molar-refractivity contribution in [2.24, 2.45) is 11.1 Å². The average molecular weight is 603 g/mol. The topological polar surface area (TPSA) is 72.9 Å². The van der Waals surface area contributed by atoms with E-state index in [0.717, 1.165) is 22.9 Å². The Balaban J connectivity index is 1.58. The van der Waals surface area contributed by atoms with Crippen molar-refractivity contribution in [2.45, 2.75) is 58.4 Å². The second-order valence-electron chi connectivity index (χ2n) is 12.1. The predicted octanol–water partition coefficient (Wildman–Crippen LogP) is 8.73. The van der Waals surface area contributed by atoms with Gasteiger partial charge in [0.25, 0.3) is 0 Å². The molecule has 0 saturated heterocycles. The van der Waals surface area contributed by atoms with E-state index in [9.17, 15) is 31.1 Å². The van der Waals surface area contributed by atoms with Gasteiger partial charge in [0.15, 0.2) is 5.69 Å². The van der Waals surface area contributed by atoms with Crippen LogP contribution >= 0.6 is 0 Å². The number of nitrogens with one attached hydrogen (secondary N) is 1. The first-order valence-electron chi connectivity index (χ1n) is 13.5. The standard InChI is InChI=1S/C32H32F6N4O/c1-29(2,19-30(3,4)39)18-28(43)40-24-13-15-25(16-14-24)42-26(17-27(41-42)32(36,37)38)22-7-5-20(6-8-22)21-9-11-23(12-10-21)31(33,34)35/h5-17H,18-19,39H2,1-4H3,(H,40,43). The molecule has 0 bridgehead atoms. The average Bonchev–Trinajstić information content (AvgIpc) is 3.33. The lowest BCUT2D eigenvalue weighted by atomic mass is 9.78. The number of hydrogen-bond acceptors (Lipinski definition) is 3. The summed E-state index contributed by atoms with van der Waals surface area (Å²) in [7, 11) is 0. The summed E-state index contributed by atoms with van der Waals surface area (Å²) in [5.41, 5.74) is 5.97. The van der Waals surface area contributed by atoms with Crippen LogP contribution in [0.25, 0.3) is 28.1 Å². The van der Waals surface area contributed by atoms with Gasteiger partial charge in [-0.15, -0.1) is 0 Å². The van der Waals surface area contributed by atoms with Gasteiger partial charge >= 0.3 is 12.4 Å². The molecule has 0 aliphatic carbocycles. The van der Waals surface area contributed by atoms with Crippen LogP contribution in [0.1, 0.15) is 51.8 Å². The molecular formula is C32H32F6N4O. The zero-order chi connectivity index (χ0) is 31.8. The Morgan fingerprint density at radius 3 is 1.77 bits per heavy atom. The summed E-state index contributed by atoms with van der Waals surface area (Å²) >= 11 is 0. The molecule has 3 aromatic carbocycles. The van der Waals surface area contributed by atoms with Crippen molar-refractivity contribution in [2.75, 3.05) is 5.32 Å². The molecule has 228 valence electrons. The van der Waals surface area contributed by atoms with E-state index in [1.165, 1.54) is 12.1 Å². The summed E-state index contributed by atoms with van der Waals surface area (Å²) in [5.74, 6) is -0.214. The largest absolute Gasteiger partial charge is 0.435 e. The van der Waals surface area contributed by atoms with Gasteiger partial charge in [-0.05, 0) is 79.3 Å². The van der Waals surface area contributed by atoms with E-state index < -0.39 is 29.1 Å². The highest BCUT2D eigenvalue weighted by molar-refractivity contribution is 5.91. The normalized spacial score (nSPS) is 12.8. The van der Waals surface area contributed by atoms with Crippen LogP contribution in [0, 0.1) is 5.41 Å². The van der Waals surface area contributed by atoms with Crippen LogP contribution in [0.2, 0.25) is 0 Å². The number of nitrogens with zero attached hydrogens (tertiary/aromatic N) is 2. The molecule has 0 spiro atoms. The lowest BCUT2D eigenvalue weighted by molar-refractivity contribution is -0.141. The van der Waals surface area contributed by atoms with Crippen molar-refractivity contribution in [1.82, 2.24) is 9.78 Å². The van der Waals surface area contributed by atoms with Crippen LogP contribution in [0.3, 0.4) is 0 Å². The monoisotopic (exact) mass is 602 g/mol. The summed E-state index contributed by atoms with van der Waals surface area (Å²) in [6, 6.07) is 18.2. The molecule has 1 aromatic heterocycles. The van der Waals surface area contributed by atoms with Crippen LogP contribution < -0.4 is 11.1 Å². The predicted molar refractivity (Wildman–Crippen MR) is 154 cm³/mol. The minimum Gasteiger partial charge on any atom is -0.326 e. The molecule has 0 atom stereocenters. The molecule has 0 saturated carbocycles. The van der Waals surface area contributed by atoms with Crippen LogP contribution in [-0.2, 0) is 17.1 Å². The van der Waals surface area contributed by atoms with E-state index in [2.05, 4.69) is 10.4 Å². The van der Waals surface area contributed by atoms with Gasteiger partial charge in [-0.2, -0.15) is 31.4 Å². The summed E-state index contributed by atoms with van der Waals surface area (Å²) in [6.07, 6.45) is -8.30. The summed E-state index contributed by atoms with van der Waals surface area (Å²) in [4.78, 5) is 12.7. The first-order chi connectivity index (χ1) is 19.8. The van der Waals surface area contributed by atoms with E-state index in [4.69, 9.17) is 5.73 Å². The molecule has 43 heavy (non-hydrogen) atoms. The first-order valence-corrected chi connectivity index (χ1v) is 13.5. The van der Waals surface area contributed by atoms with Crippen LogP contribution in [0.5, 0.6) is 0 Å². The molecular weight excluding hydrogens is 570 g/mol. The van der Waals surface area contributed by atoms with Crippen molar-refractivity contribution in [3.63, 3.8) is 0 Å². The second kappa shape index (κ2) is 11.5. The maximum absolute atomic E-state index is 13.6. The van der Waals surface area contributed by atoms with E-state index in [1.807, 2.05) is 27.7 Å². The van der Waals surface area contributed by atoms with E-state index in [-0.39, 0.29) is 23.4 Å². The SMILES string of the molecule is CC(C)(N)CC(C)(C)CC(=O)Nc1ccc(-n2nc(C(F)(F)F)cc2-c2ccc(-c3ccc(C(F)(F)F)cc3)cc2)cc1. The molecule has 0 fully saturated rings. The fourth-order valence-electron chi connectivity index (χ4n) is 5.23. The minimum absolute atomic E-state index is 0.161. The van der Waals surface area contributed by atoms with Crippen molar-refractivity contribution in [3.8, 4) is 28.1 Å². The highest BCUT2D eigenvalue weighted by Crippen LogP contribution is 2.35. The number of benzene rings is 3. The van der Waals surface area contributed by atoms with E-state index >= 15 is 0 Å². The number of carbonyl (C=O) groups is 1. The molecule has 1 amide bonds. The van der Waals surface area contributed by atoms with Crippen molar-refractivity contribution < 1.29 is 31.1 Å². The molecule has 5 nitrogen and oxygen atoms in total. The third kappa shape index (κ3) is 8.25. The number of halogens is 6. The van der Waals surface area contributed by atoms with Crippen LogP contribution in [0.4, 0.5) is 32.0 Å². The first kappa shape index (κ1) is 31.8. The fourth-order valence-corrected chi connectivity index (χ4v) is 5.23. The fraction of sp³-hybridized carbons (Fsp3) is 0.312. The number of anilines is 1. The highest BCUT2D eigenvalue weighted by atomic mass is 19.4. The van der Waals surface area contributed by atoms with E-state index in [1.54, 1.807) is 48.5 Å². The van der Waals surface area contributed by atoms with Gasteiger partial charge in [0.1, 0.15) is 0 Å². The smallest absolute Gasteiger partial charge is 0.326 e. The summed E-state index contributed by atoms with van der Waals surface area (Å²) in [6.45, 7) is 7.70. The van der Waals surface area contributed by atoms with Gasteiger partial charge in [0.05, 0.1) is 16.9 Å². The third-order valence-corrected chi connectivity index (χ3v) is 6.69. The second-order valence-corrected chi connectivity index (χ2v) is 12.1. The molecule has 0 aliphatic rings. The molecule has 0 unspecified atom stereocenters. The number of amides is 1. The van der Waals surface area contributed by atoms with Gasteiger partial charge in [-0.3, -0.25) is 4.79 Å². The quantitative estimate of drug-likeness (QED) is 0.198. The van der Waals surface area contributed by atoms with Crippen LogP contribution in [0.15, 0.2) is 78.9 Å². The van der Waals surface area contributed by atoms with Gasteiger partial charge in [0.2, 0.25) is 5.91 Å². The number of nitrogens with two attached hydrogens (primary N) is 1. The Morgan fingerprint density at radius 1 is 0.767 bits per heavy atom. The molecule has 0 radical (unpaired) electrons. The number of rotatable bonds is 8. The Bertz CT molecular complexity index is 1560. The van der Waals surface area contributed by atoms with Gasteiger partial charge in [-0.1, -0.05) is 50.2 Å². The molecule has 1 heterocycles. The Kier molecular flexibility index (Phi) is 8.52. The summed E-state index contributed by atoms with van der Waals surface area (Å²) in [5, 5.41) is 6.62. The highest BCUT2D eigenvalue weighted by Gasteiger charge is 2.35. The van der Waals surface area contributed by atoms with Gasteiger partial charge < -0.3 is 11.1 Å². The van der Waals surface area contributed by atoms with Crippen molar-refractivity contribution >= 4 is 11.6 Å². The van der Waals surface area contributed by atoms with Crippen LogP contribution in [-0.4, -0.2) is 21.2 Å². The maximum Gasteiger partial charge on any atom is 0.435 e. The number of aromatic nitrogens is 2. The number of carbonyl (C=O) groups excluding carboxylic acids is 1.